The first-order valence-electron chi connectivity index (χ1n) is 9.68. The average Bonchev–Trinajstić information content (AvgIpc) is 2.64. The Labute approximate surface area is 172 Å². The highest BCUT2D eigenvalue weighted by Crippen LogP contribution is 2.25. The number of carboxylic acids is 1. The van der Waals surface area contributed by atoms with Gasteiger partial charge in [0.15, 0.2) is 15.9 Å². The molecule has 29 heavy (non-hydrogen) atoms. The molecule has 2 N–H and O–H groups in total. The van der Waals surface area contributed by atoms with Gasteiger partial charge in [0, 0.05) is 37.6 Å². The van der Waals surface area contributed by atoms with Crippen molar-refractivity contribution in [3.8, 4) is 0 Å². The van der Waals surface area contributed by atoms with Crippen LogP contribution in [-0.2, 0) is 19.4 Å². The molecule has 8 nitrogen and oxygen atoms in total. The molecule has 0 saturated carbocycles. The van der Waals surface area contributed by atoms with E-state index in [1.54, 1.807) is 29.2 Å². The van der Waals surface area contributed by atoms with Gasteiger partial charge in [-0.15, -0.1) is 0 Å². The lowest BCUT2D eigenvalue weighted by Crippen LogP contribution is -2.57. The molecular weight excluding hydrogens is 396 g/mol. The Morgan fingerprint density at radius 3 is 2.21 bits per heavy atom. The third-order valence-corrected chi connectivity index (χ3v) is 6.35. The van der Waals surface area contributed by atoms with Crippen molar-refractivity contribution in [2.24, 2.45) is 11.8 Å². The number of aliphatic hydroxyl groups is 1. The number of hydrogen-bond acceptors (Lipinski definition) is 6. The smallest absolute Gasteiger partial charge is 0.333 e. The fourth-order valence-electron chi connectivity index (χ4n) is 3.68. The van der Waals surface area contributed by atoms with E-state index >= 15 is 0 Å². The molecule has 0 unspecified atom stereocenters. The number of carbonyl (C=O) groups is 2. The number of aliphatic hydroxyl groups excluding tert-OH is 1. The SMILES string of the molecule is CC(C)C[C@H](C(=O)N1CCN(c2ccc(S(C)(=O)=O)cc2)C[C@H]1C)[C@H](O)C(=O)O. The summed E-state index contributed by atoms with van der Waals surface area (Å²) in [7, 11) is -3.26. The molecule has 1 aliphatic heterocycles. The Hall–Kier alpha value is -2.13. The Morgan fingerprint density at radius 2 is 1.76 bits per heavy atom. The lowest BCUT2D eigenvalue weighted by molar-refractivity contribution is -0.158. The van der Waals surface area contributed by atoms with Gasteiger partial charge >= 0.3 is 5.97 Å². The number of anilines is 1. The maximum atomic E-state index is 13.0. The zero-order valence-corrected chi connectivity index (χ0v) is 18.1. The van der Waals surface area contributed by atoms with Gasteiger partial charge in [-0.3, -0.25) is 4.79 Å². The average molecular weight is 427 g/mol. The number of nitrogens with zero attached hydrogens (tertiary/aromatic N) is 2. The Bertz CT molecular complexity index is 837. The van der Waals surface area contributed by atoms with Crippen molar-refractivity contribution >= 4 is 27.4 Å². The van der Waals surface area contributed by atoms with E-state index in [1.807, 2.05) is 20.8 Å². The summed E-state index contributed by atoms with van der Waals surface area (Å²) in [5.41, 5.74) is 0.862. The molecule has 1 amide bonds. The second kappa shape index (κ2) is 9.13. The van der Waals surface area contributed by atoms with Crippen LogP contribution in [0, 0.1) is 11.8 Å². The van der Waals surface area contributed by atoms with Gasteiger partial charge in [-0.2, -0.15) is 0 Å². The molecule has 1 saturated heterocycles. The summed E-state index contributed by atoms with van der Waals surface area (Å²) >= 11 is 0. The molecule has 1 aliphatic rings. The molecule has 1 aromatic carbocycles. The minimum Gasteiger partial charge on any atom is -0.479 e. The first-order valence-corrected chi connectivity index (χ1v) is 11.6. The molecule has 1 heterocycles. The summed E-state index contributed by atoms with van der Waals surface area (Å²) in [4.78, 5) is 28.2. The number of piperazine rings is 1. The quantitative estimate of drug-likeness (QED) is 0.674. The molecular formula is C20H30N2O6S. The van der Waals surface area contributed by atoms with Gasteiger partial charge in [-0.25, -0.2) is 13.2 Å². The molecule has 2 rings (SSSR count). The molecule has 162 valence electrons. The van der Waals surface area contributed by atoms with Crippen molar-refractivity contribution in [3.63, 3.8) is 0 Å². The highest BCUT2D eigenvalue weighted by atomic mass is 32.2. The lowest BCUT2D eigenvalue weighted by atomic mass is 9.90. The summed E-state index contributed by atoms with van der Waals surface area (Å²) in [6, 6.07) is 6.44. The second-order valence-electron chi connectivity index (χ2n) is 8.11. The molecule has 0 spiro atoms. The molecule has 0 radical (unpaired) electrons. The highest BCUT2D eigenvalue weighted by molar-refractivity contribution is 7.90. The van der Waals surface area contributed by atoms with Gasteiger partial charge in [0.05, 0.1) is 10.8 Å². The minimum absolute atomic E-state index is 0.0721. The number of carbonyl (C=O) groups excluding carboxylic acids is 1. The van der Waals surface area contributed by atoms with Crippen molar-refractivity contribution in [1.29, 1.82) is 0 Å². The van der Waals surface area contributed by atoms with Crippen LogP contribution >= 0.6 is 0 Å². The number of hydrogen-bond donors (Lipinski definition) is 2. The standard InChI is InChI=1S/C20H30N2O6S/c1-13(2)11-17(18(23)20(25)26)19(24)22-10-9-21(12-14(22)3)15-5-7-16(8-6-15)29(4,27)28/h5-8,13-14,17-18,23H,9-12H2,1-4H3,(H,25,26)/t14-,17+,18+/m1/s1. The summed E-state index contributed by atoms with van der Waals surface area (Å²) in [5, 5.41) is 19.2. The van der Waals surface area contributed by atoms with E-state index < -0.39 is 27.8 Å². The van der Waals surface area contributed by atoms with Crippen molar-refractivity contribution in [2.45, 2.75) is 44.2 Å². The van der Waals surface area contributed by atoms with Crippen molar-refractivity contribution in [2.75, 3.05) is 30.8 Å². The molecule has 9 heteroatoms. The van der Waals surface area contributed by atoms with E-state index in [2.05, 4.69) is 4.90 Å². The number of amides is 1. The summed E-state index contributed by atoms with van der Waals surface area (Å²) in [6.45, 7) is 7.11. The van der Waals surface area contributed by atoms with E-state index in [-0.39, 0.29) is 22.8 Å². The maximum Gasteiger partial charge on any atom is 0.333 e. The third-order valence-electron chi connectivity index (χ3n) is 5.22. The number of aliphatic carboxylic acids is 1. The Kier molecular flexibility index (Phi) is 7.29. The van der Waals surface area contributed by atoms with Gasteiger partial charge in [-0.1, -0.05) is 13.8 Å². The van der Waals surface area contributed by atoms with Gasteiger partial charge in [0.25, 0.3) is 0 Å². The van der Waals surface area contributed by atoms with Gasteiger partial charge < -0.3 is 20.0 Å². The van der Waals surface area contributed by atoms with Crippen molar-refractivity contribution < 1.29 is 28.2 Å². The fraction of sp³-hybridized carbons (Fsp3) is 0.600. The molecule has 3 atom stereocenters. The highest BCUT2D eigenvalue weighted by Gasteiger charge is 2.38. The van der Waals surface area contributed by atoms with E-state index in [0.717, 1.165) is 11.9 Å². The van der Waals surface area contributed by atoms with Crippen LogP contribution in [0.2, 0.25) is 0 Å². The molecule has 1 aromatic rings. The van der Waals surface area contributed by atoms with E-state index in [9.17, 15) is 28.2 Å². The summed E-state index contributed by atoms with van der Waals surface area (Å²) in [6.07, 6.45) is -0.265. The molecule has 0 aliphatic carbocycles. The predicted molar refractivity (Wildman–Crippen MR) is 110 cm³/mol. The van der Waals surface area contributed by atoms with Crippen LogP contribution in [0.25, 0.3) is 0 Å². The normalized spacial score (nSPS) is 19.9. The largest absolute Gasteiger partial charge is 0.479 e. The van der Waals surface area contributed by atoms with Crippen LogP contribution in [0.3, 0.4) is 0 Å². The second-order valence-corrected chi connectivity index (χ2v) is 10.1. The summed E-state index contributed by atoms with van der Waals surface area (Å²) in [5.74, 6) is -2.63. The Morgan fingerprint density at radius 1 is 1.17 bits per heavy atom. The van der Waals surface area contributed by atoms with E-state index in [1.165, 1.54) is 0 Å². The van der Waals surface area contributed by atoms with E-state index in [4.69, 9.17) is 0 Å². The van der Waals surface area contributed by atoms with Crippen LogP contribution < -0.4 is 4.90 Å². The van der Waals surface area contributed by atoms with E-state index in [0.29, 0.717) is 26.1 Å². The maximum absolute atomic E-state index is 13.0. The predicted octanol–water partition coefficient (Wildman–Crippen LogP) is 1.23. The molecule has 0 aromatic heterocycles. The number of carboxylic acid groups (broad SMARTS) is 1. The van der Waals surface area contributed by atoms with Crippen LogP contribution in [0.15, 0.2) is 29.2 Å². The third kappa shape index (κ3) is 5.70. The van der Waals surface area contributed by atoms with Crippen LogP contribution in [0.1, 0.15) is 27.2 Å². The van der Waals surface area contributed by atoms with Crippen LogP contribution in [0.5, 0.6) is 0 Å². The number of rotatable bonds is 7. The monoisotopic (exact) mass is 426 g/mol. The zero-order chi connectivity index (χ0) is 21.9. The number of sulfone groups is 1. The fourth-order valence-corrected chi connectivity index (χ4v) is 4.31. The minimum atomic E-state index is -3.26. The first kappa shape index (κ1) is 23.2. The lowest BCUT2D eigenvalue weighted by Gasteiger charge is -2.42. The summed E-state index contributed by atoms with van der Waals surface area (Å²) < 4.78 is 23.2. The van der Waals surface area contributed by atoms with Gasteiger partial charge in [-0.05, 0) is 43.5 Å². The Balaban J connectivity index is 2.12. The first-order chi connectivity index (χ1) is 13.4. The van der Waals surface area contributed by atoms with Crippen LogP contribution in [-0.4, -0.2) is 73.4 Å². The van der Waals surface area contributed by atoms with Gasteiger partial charge in [0.1, 0.15) is 0 Å². The van der Waals surface area contributed by atoms with Crippen LogP contribution in [0.4, 0.5) is 5.69 Å². The van der Waals surface area contributed by atoms with Crippen molar-refractivity contribution in [1.82, 2.24) is 4.90 Å². The topological polar surface area (TPSA) is 115 Å². The molecule has 0 bridgehead atoms. The van der Waals surface area contributed by atoms with Crippen molar-refractivity contribution in [3.05, 3.63) is 24.3 Å². The zero-order valence-electron chi connectivity index (χ0n) is 17.3. The molecule has 1 fully saturated rings. The number of benzene rings is 1. The van der Waals surface area contributed by atoms with Gasteiger partial charge in [0.2, 0.25) is 5.91 Å².